The van der Waals surface area contributed by atoms with Crippen LogP contribution < -0.4 is 4.72 Å². The molecule has 0 saturated carbocycles. The van der Waals surface area contributed by atoms with E-state index in [4.69, 9.17) is 0 Å². The van der Waals surface area contributed by atoms with Crippen LogP contribution in [0.4, 0.5) is 0 Å². The molecule has 6 heteroatoms. The van der Waals surface area contributed by atoms with E-state index in [1.165, 1.54) is 0 Å². The van der Waals surface area contributed by atoms with Crippen LogP contribution in [-0.4, -0.2) is 26.2 Å². The van der Waals surface area contributed by atoms with Gasteiger partial charge in [-0.2, -0.15) is 0 Å². The maximum atomic E-state index is 12.0. The predicted octanol–water partition coefficient (Wildman–Crippen LogP) is 2.13. The molecule has 0 aliphatic carbocycles. The molecule has 0 aromatic heterocycles. The standard InChI is InChI=1S/C12H18BrNO3S/c1-9(6-10(2)15)8-14-18(16,17)12-5-3-4-11(13)7-12/h3-5,7,9-10,14-15H,6,8H2,1-2H3. The number of benzene rings is 1. The first kappa shape index (κ1) is 15.6. The zero-order valence-electron chi connectivity index (χ0n) is 10.4. The molecule has 0 saturated heterocycles. The molecule has 102 valence electrons. The lowest BCUT2D eigenvalue weighted by atomic mass is 10.1. The molecular weight excluding hydrogens is 318 g/mol. The summed E-state index contributed by atoms with van der Waals surface area (Å²) in [6.45, 7) is 3.91. The number of hydrogen-bond donors (Lipinski definition) is 2. The lowest BCUT2D eigenvalue weighted by Gasteiger charge is -2.14. The Hall–Kier alpha value is -0.430. The van der Waals surface area contributed by atoms with E-state index in [9.17, 15) is 13.5 Å². The van der Waals surface area contributed by atoms with Gasteiger partial charge < -0.3 is 5.11 Å². The lowest BCUT2D eigenvalue weighted by molar-refractivity contribution is 0.165. The Morgan fingerprint density at radius 1 is 1.39 bits per heavy atom. The largest absolute Gasteiger partial charge is 0.393 e. The third-order valence-corrected chi connectivity index (χ3v) is 4.39. The van der Waals surface area contributed by atoms with Gasteiger partial charge in [-0.1, -0.05) is 28.9 Å². The minimum atomic E-state index is -3.48. The Morgan fingerprint density at radius 2 is 2.06 bits per heavy atom. The summed E-state index contributed by atoms with van der Waals surface area (Å²) in [6, 6.07) is 6.56. The van der Waals surface area contributed by atoms with Crippen LogP contribution in [0, 0.1) is 5.92 Å². The van der Waals surface area contributed by atoms with Crippen molar-refractivity contribution in [3.63, 3.8) is 0 Å². The molecule has 18 heavy (non-hydrogen) atoms. The fraction of sp³-hybridized carbons (Fsp3) is 0.500. The minimum Gasteiger partial charge on any atom is -0.393 e. The summed E-state index contributed by atoms with van der Waals surface area (Å²) in [5.41, 5.74) is 0. The first-order valence-electron chi connectivity index (χ1n) is 5.74. The van der Waals surface area contributed by atoms with Crippen molar-refractivity contribution >= 4 is 26.0 Å². The molecule has 0 spiro atoms. The van der Waals surface area contributed by atoms with Gasteiger partial charge in [0.05, 0.1) is 11.0 Å². The number of sulfonamides is 1. The molecular formula is C12H18BrNO3S. The summed E-state index contributed by atoms with van der Waals surface area (Å²) in [5.74, 6) is 0.0897. The maximum absolute atomic E-state index is 12.0. The van der Waals surface area contributed by atoms with E-state index in [1.807, 2.05) is 6.92 Å². The highest BCUT2D eigenvalue weighted by atomic mass is 79.9. The van der Waals surface area contributed by atoms with Gasteiger partial charge >= 0.3 is 0 Å². The van der Waals surface area contributed by atoms with E-state index < -0.39 is 16.1 Å². The van der Waals surface area contributed by atoms with E-state index in [0.29, 0.717) is 13.0 Å². The molecule has 1 rings (SSSR count). The van der Waals surface area contributed by atoms with Crippen LogP contribution in [0.25, 0.3) is 0 Å². The molecule has 0 aliphatic heterocycles. The van der Waals surface area contributed by atoms with Gasteiger partial charge in [-0.05, 0) is 37.5 Å². The summed E-state index contributed by atoms with van der Waals surface area (Å²) >= 11 is 3.24. The average molecular weight is 336 g/mol. The Morgan fingerprint density at radius 3 is 2.61 bits per heavy atom. The molecule has 0 radical (unpaired) electrons. The normalized spacial score (nSPS) is 15.3. The second-order valence-corrected chi connectivity index (χ2v) is 7.18. The Labute approximate surface area is 117 Å². The molecule has 1 aromatic rings. The van der Waals surface area contributed by atoms with Gasteiger partial charge in [-0.25, -0.2) is 13.1 Å². The number of rotatable bonds is 6. The van der Waals surface area contributed by atoms with Gasteiger partial charge in [0.1, 0.15) is 0 Å². The van der Waals surface area contributed by atoms with Crippen molar-refractivity contribution in [2.24, 2.45) is 5.92 Å². The Bertz CT molecular complexity index is 488. The third-order valence-electron chi connectivity index (χ3n) is 2.47. The smallest absolute Gasteiger partial charge is 0.240 e. The average Bonchev–Trinajstić information content (AvgIpc) is 2.26. The van der Waals surface area contributed by atoms with Crippen molar-refractivity contribution in [2.75, 3.05) is 6.54 Å². The molecule has 1 aromatic carbocycles. The summed E-state index contributed by atoms with van der Waals surface area (Å²) < 4.78 is 27.2. The van der Waals surface area contributed by atoms with Crippen LogP contribution in [0.1, 0.15) is 20.3 Å². The van der Waals surface area contributed by atoms with E-state index >= 15 is 0 Å². The van der Waals surface area contributed by atoms with E-state index in [0.717, 1.165) is 4.47 Å². The number of aliphatic hydroxyl groups is 1. The first-order chi connectivity index (χ1) is 8.31. The zero-order valence-corrected chi connectivity index (χ0v) is 12.8. The second kappa shape index (κ2) is 6.65. The molecule has 0 heterocycles. The van der Waals surface area contributed by atoms with E-state index in [-0.39, 0.29) is 10.8 Å². The summed E-state index contributed by atoms with van der Waals surface area (Å²) in [5, 5.41) is 9.22. The van der Waals surface area contributed by atoms with Gasteiger partial charge in [-0.15, -0.1) is 0 Å². The number of hydrogen-bond acceptors (Lipinski definition) is 3. The summed E-state index contributed by atoms with van der Waals surface area (Å²) in [7, 11) is -3.48. The highest BCUT2D eigenvalue weighted by Crippen LogP contribution is 2.16. The molecule has 4 nitrogen and oxygen atoms in total. The van der Waals surface area contributed by atoms with Gasteiger partial charge in [0.25, 0.3) is 0 Å². The monoisotopic (exact) mass is 335 g/mol. The quantitative estimate of drug-likeness (QED) is 0.836. The van der Waals surface area contributed by atoms with Gasteiger partial charge in [-0.3, -0.25) is 0 Å². The Balaban J connectivity index is 2.66. The molecule has 0 aliphatic rings. The maximum Gasteiger partial charge on any atom is 0.240 e. The van der Waals surface area contributed by atoms with Crippen LogP contribution in [-0.2, 0) is 10.0 Å². The molecule has 2 N–H and O–H groups in total. The van der Waals surface area contributed by atoms with Crippen molar-refractivity contribution < 1.29 is 13.5 Å². The minimum absolute atomic E-state index is 0.0897. The molecule has 0 fully saturated rings. The van der Waals surface area contributed by atoms with Crippen molar-refractivity contribution in [2.45, 2.75) is 31.3 Å². The number of aliphatic hydroxyl groups excluding tert-OH is 1. The van der Waals surface area contributed by atoms with Crippen molar-refractivity contribution in [1.29, 1.82) is 0 Å². The Kier molecular flexibility index (Phi) is 5.78. The predicted molar refractivity (Wildman–Crippen MR) is 74.8 cm³/mol. The number of halogens is 1. The lowest BCUT2D eigenvalue weighted by Crippen LogP contribution is -2.29. The molecule has 0 bridgehead atoms. The first-order valence-corrected chi connectivity index (χ1v) is 8.02. The van der Waals surface area contributed by atoms with E-state index in [2.05, 4.69) is 20.7 Å². The molecule has 2 atom stereocenters. The zero-order chi connectivity index (χ0) is 13.8. The molecule has 0 amide bonds. The van der Waals surface area contributed by atoms with Crippen LogP contribution in [0.15, 0.2) is 33.6 Å². The molecule has 2 unspecified atom stereocenters. The van der Waals surface area contributed by atoms with Crippen LogP contribution in [0.2, 0.25) is 0 Å². The highest BCUT2D eigenvalue weighted by molar-refractivity contribution is 9.10. The summed E-state index contributed by atoms with van der Waals surface area (Å²) in [4.78, 5) is 0.237. The summed E-state index contributed by atoms with van der Waals surface area (Å²) in [6.07, 6.45) is 0.149. The SMILES string of the molecule is CC(O)CC(C)CNS(=O)(=O)c1cccc(Br)c1. The van der Waals surface area contributed by atoms with Crippen LogP contribution >= 0.6 is 15.9 Å². The third kappa shape index (κ3) is 5.06. The number of nitrogens with one attached hydrogen (secondary N) is 1. The van der Waals surface area contributed by atoms with Crippen molar-refractivity contribution in [3.05, 3.63) is 28.7 Å². The van der Waals surface area contributed by atoms with Crippen molar-refractivity contribution in [1.82, 2.24) is 4.72 Å². The van der Waals surface area contributed by atoms with Crippen LogP contribution in [0.5, 0.6) is 0 Å². The highest BCUT2D eigenvalue weighted by Gasteiger charge is 2.15. The van der Waals surface area contributed by atoms with Gasteiger partial charge in [0, 0.05) is 11.0 Å². The van der Waals surface area contributed by atoms with Crippen molar-refractivity contribution in [3.8, 4) is 0 Å². The van der Waals surface area contributed by atoms with Gasteiger partial charge in [0.2, 0.25) is 10.0 Å². The fourth-order valence-corrected chi connectivity index (χ4v) is 3.40. The second-order valence-electron chi connectivity index (χ2n) is 4.50. The topological polar surface area (TPSA) is 66.4 Å². The van der Waals surface area contributed by atoms with E-state index in [1.54, 1.807) is 31.2 Å². The fourth-order valence-electron chi connectivity index (χ4n) is 1.64. The van der Waals surface area contributed by atoms with Crippen LogP contribution in [0.3, 0.4) is 0 Å². The van der Waals surface area contributed by atoms with Gasteiger partial charge in [0.15, 0.2) is 0 Å².